The number of ether oxygens (including phenoxy) is 1. The highest BCUT2D eigenvalue weighted by atomic mass is 16.5. The number of benzene rings is 2. The molecule has 0 radical (unpaired) electrons. The second kappa shape index (κ2) is 10.9. The van der Waals surface area contributed by atoms with Crippen LogP contribution >= 0.6 is 0 Å². The van der Waals surface area contributed by atoms with Crippen LogP contribution in [0.25, 0.3) is 0 Å². The maximum absolute atomic E-state index is 12.7. The van der Waals surface area contributed by atoms with E-state index in [-0.39, 0.29) is 17.6 Å². The van der Waals surface area contributed by atoms with Crippen molar-refractivity contribution in [3.05, 3.63) is 59.2 Å². The molecule has 0 saturated carbocycles. The van der Waals surface area contributed by atoms with Gasteiger partial charge in [-0.1, -0.05) is 70.4 Å². The predicted molar refractivity (Wildman–Crippen MR) is 115 cm³/mol. The van der Waals surface area contributed by atoms with Gasteiger partial charge in [-0.15, -0.1) is 0 Å². The number of phenolic OH excluding ortho intramolecular Hbond substituents is 1. The molecule has 0 aliphatic carbocycles. The summed E-state index contributed by atoms with van der Waals surface area (Å²) in [7, 11) is 0. The summed E-state index contributed by atoms with van der Waals surface area (Å²) in [5.41, 5.74) is 2.95. The van der Waals surface area contributed by atoms with E-state index >= 15 is 0 Å². The lowest BCUT2D eigenvalue weighted by molar-refractivity contribution is -0.135. The van der Waals surface area contributed by atoms with Crippen molar-refractivity contribution in [1.82, 2.24) is 0 Å². The fraction of sp³-hybridized carbons (Fsp3) is 0.480. The Morgan fingerprint density at radius 3 is 2.36 bits per heavy atom. The van der Waals surface area contributed by atoms with E-state index in [0.29, 0.717) is 18.1 Å². The van der Waals surface area contributed by atoms with Gasteiger partial charge >= 0.3 is 5.97 Å². The molecule has 0 aliphatic heterocycles. The van der Waals surface area contributed by atoms with Gasteiger partial charge in [-0.05, 0) is 55.4 Å². The molecule has 0 amide bonds. The summed E-state index contributed by atoms with van der Waals surface area (Å²) in [6, 6.07) is 13.3. The first-order chi connectivity index (χ1) is 13.4. The molecule has 0 spiro atoms. The van der Waals surface area contributed by atoms with Crippen LogP contribution in [0.3, 0.4) is 0 Å². The van der Waals surface area contributed by atoms with Gasteiger partial charge in [0.25, 0.3) is 0 Å². The van der Waals surface area contributed by atoms with E-state index in [4.69, 9.17) is 4.74 Å². The lowest BCUT2D eigenvalue weighted by Gasteiger charge is -2.15. The highest BCUT2D eigenvalue weighted by Crippen LogP contribution is 2.31. The zero-order valence-electron chi connectivity index (χ0n) is 17.7. The van der Waals surface area contributed by atoms with E-state index in [0.717, 1.165) is 36.8 Å². The number of phenols is 1. The SMILES string of the molecule is CCCCCCc1c(O)cccc1OC(=O)C(C)c1ccc(CC(C)C)cc1. The molecule has 28 heavy (non-hydrogen) atoms. The van der Waals surface area contributed by atoms with E-state index in [2.05, 4.69) is 32.9 Å². The van der Waals surface area contributed by atoms with E-state index in [1.165, 1.54) is 12.0 Å². The fourth-order valence-corrected chi connectivity index (χ4v) is 3.38. The Bertz CT molecular complexity index is 747. The number of unbranched alkanes of at least 4 members (excludes halogenated alkanes) is 3. The zero-order chi connectivity index (χ0) is 20.5. The highest BCUT2D eigenvalue weighted by molar-refractivity contribution is 5.80. The Morgan fingerprint density at radius 1 is 1.00 bits per heavy atom. The van der Waals surface area contributed by atoms with Gasteiger partial charge in [-0.2, -0.15) is 0 Å². The van der Waals surface area contributed by atoms with Gasteiger partial charge in [-0.25, -0.2) is 0 Å². The lowest BCUT2D eigenvalue weighted by atomic mass is 9.97. The van der Waals surface area contributed by atoms with Gasteiger partial charge < -0.3 is 9.84 Å². The summed E-state index contributed by atoms with van der Waals surface area (Å²) in [6.07, 6.45) is 6.17. The van der Waals surface area contributed by atoms with Gasteiger partial charge in [0.1, 0.15) is 11.5 Å². The molecule has 3 heteroatoms. The van der Waals surface area contributed by atoms with Crippen molar-refractivity contribution in [2.45, 2.75) is 72.1 Å². The average molecular weight is 383 g/mol. The van der Waals surface area contributed by atoms with Crippen molar-refractivity contribution < 1.29 is 14.6 Å². The second-order valence-electron chi connectivity index (χ2n) is 8.05. The first kappa shape index (κ1) is 22.0. The third-order valence-electron chi connectivity index (χ3n) is 5.08. The number of esters is 1. The van der Waals surface area contributed by atoms with Gasteiger partial charge in [0.15, 0.2) is 0 Å². The van der Waals surface area contributed by atoms with E-state index in [9.17, 15) is 9.90 Å². The number of aromatic hydroxyl groups is 1. The van der Waals surface area contributed by atoms with Crippen LogP contribution in [0.1, 0.15) is 76.0 Å². The van der Waals surface area contributed by atoms with E-state index in [1.54, 1.807) is 18.2 Å². The summed E-state index contributed by atoms with van der Waals surface area (Å²) in [5, 5.41) is 10.2. The van der Waals surface area contributed by atoms with Gasteiger partial charge in [0, 0.05) is 5.56 Å². The number of carbonyl (C=O) groups excluding carboxylic acids is 1. The quantitative estimate of drug-likeness (QED) is 0.293. The van der Waals surface area contributed by atoms with E-state index in [1.807, 2.05) is 19.1 Å². The Labute approximate surface area is 169 Å². The Hall–Kier alpha value is -2.29. The molecule has 1 atom stereocenters. The van der Waals surface area contributed by atoms with Crippen LogP contribution in [-0.2, 0) is 17.6 Å². The number of carbonyl (C=O) groups is 1. The predicted octanol–water partition coefficient (Wildman–Crippen LogP) is 6.42. The molecule has 0 fully saturated rings. The maximum atomic E-state index is 12.7. The van der Waals surface area contributed by atoms with Crippen molar-refractivity contribution in [3.63, 3.8) is 0 Å². The number of hydrogen-bond acceptors (Lipinski definition) is 3. The summed E-state index contributed by atoms with van der Waals surface area (Å²) < 4.78 is 5.70. The average Bonchev–Trinajstić information content (AvgIpc) is 2.66. The van der Waals surface area contributed by atoms with Crippen molar-refractivity contribution in [1.29, 1.82) is 0 Å². The minimum absolute atomic E-state index is 0.201. The summed E-state index contributed by atoms with van der Waals surface area (Å²) in [6.45, 7) is 8.43. The molecule has 3 nitrogen and oxygen atoms in total. The van der Waals surface area contributed by atoms with Crippen LogP contribution in [0.4, 0.5) is 0 Å². The molecule has 1 N–H and O–H groups in total. The molecule has 1 unspecified atom stereocenters. The number of rotatable bonds is 10. The lowest BCUT2D eigenvalue weighted by Crippen LogP contribution is -2.17. The normalized spacial score (nSPS) is 12.2. The molecule has 0 bridgehead atoms. The first-order valence-corrected chi connectivity index (χ1v) is 10.5. The van der Waals surface area contributed by atoms with Crippen LogP contribution in [0.5, 0.6) is 11.5 Å². The van der Waals surface area contributed by atoms with Crippen LogP contribution in [0.2, 0.25) is 0 Å². The van der Waals surface area contributed by atoms with Gasteiger partial charge in [0.05, 0.1) is 5.92 Å². The van der Waals surface area contributed by atoms with E-state index < -0.39 is 0 Å². The monoisotopic (exact) mass is 382 g/mol. The van der Waals surface area contributed by atoms with Crippen molar-refractivity contribution >= 4 is 5.97 Å². The maximum Gasteiger partial charge on any atom is 0.318 e. The first-order valence-electron chi connectivity index (χ1n) is 10.5. The molecule has 152 valence electrons. The Kier molecular flexibility index (Phi) is 8.56. The molecule has 2 aromatic carbocycles. The van der Waals surface area contributed by atoms with Crippen molar-refractivity contribution in [3.8, 4) is 11.5 Å². The molecule has 0 saturated heterocycles. The summed E-state index contributed by atoms with van der Waals surface area (Å²) in [5.74, 6) is 0.632. The molecule has 2 aromatic rings. The Morgan fingerprint density at radius 2 is 1.71 bits per heavy atom. The summed E-state index contributed by atoms with van der Waals surface area (Å²) >= 11 is 0. The topological polar surface area (TPSA) is 46.5 Å². The van der Waals surface area contributed by atoms with Crippen molar-refractivity contribution in [2.24, 2.45) is 5.92 Å². The molecular weight excluding hydrogens is 348 g/mol. The fourth-order valence-electron chi connectivity index (χ4n) is 3.38. The van der Waals surface area contributed by atoms with Crippen LogP contribution in [0, 0.1) is 5.92 Å². The van der Waals surface area contributed by atoms with Crippen LogP contribution < -0.4 is 4.74 Å². The zero-order valence-corrected chi connectivity index (χ0v) is 17.7. The molecular formula is C25H34O3. The molecule has 0 heterocycles. The number of hydrogen-bond donors (Lipinski definition) is 1. The highest BCUT2D eigenvalue weighted by Gasteiger charge is 2.20. The third kappa shape index (κ3) is 6.40. The molecule has 0 aromatic heterocycles. The molecule has 0 aliphatic rings. The standard InChI is InChI=1S/C25H34O3/c1-5-6-7-8-10-22-23(26)11-9-12-24(22)28-25(27)19(4)21-15-13-20(14-16-21)17-18(2)3/h9,11-16,18-19,26H,5-8,10,17H2,1-4H3. The molecule has 2 rings (SSSR count). The van der Waals surface area contributed by atoms with Gasteiger partial charge in [-0.3, -0.25) is 4.79 Å². The largest absolute Gasteiger partial charge is 0.508 e. The van der Waals surface area contributed by atoms with Crippen LogP contribution in [0.15, 0.2) is 42.5 Å². The minimum atomic E-state index is -0.358. The minimum Gasteiger partial charge on any atom is -0.508 e. The van der Waals surface area contributed by atoms with Gasteiger partial charge in [0.2, 0.25) is 0 Å². The van der Waals surface area contributed by atoms with Crippen LogP contribution in [-0.4, -0.2) is 11.1 Å². The smallest absolute Gasteiger partial charge is 0.318 e. The summed E-state index contributed by atoms with van der Waals surface area (Å²) in [4.78, 5) is 12.7. The third-order valence-corrected chi connectivity index (χ3v) is 5.08. The Balaban J connectivity index is 2.06. The second-order valence-corrected chi connectivity index (χ2v) is 8.05. The van der Waals surface area contributed by atoms with Crippen molar-refractivity contribution in [2.75, 3.05) is 0 Å².